The van der Waals surface area contributed by atoms with Crippen LogP contribution in [0.5, 0.6) is 0 Å². The Morgan fingerprint density at radius 1 is 0.651 bits per heavy atom. The first-order valence-electron chi connectivity index (χ1n) is 21.3. The summed E-state index contributed by atoms with van der Waals surface area (Å²) in [7, 11) is 0. The largest absolute Gasteiger partial charge is 0.460 e. The molecule has 19 heteroatoms. The minimum atomic E-state index is -0.926. The van der Waals surface area contributed by atoms with Crippen LogP contribution in [0, 0.1) is 5.92 Å². The lowest BCUT2D eigenvalue weighted by atomic mass is 9.96. The minimum absolute atomic E-state index is 0.00474. The Kier molecular flexibility index (Phi) is 23.0. The van der Waals surface area contributed by atoms with Gasteiger partial charge in [0.2, 0.25) is 23.6 Å². The van der Waals surface area contributed by atoms with Crippen LogP contribution in [0.4, 0.5) is 10.5 Å². The Balaban J connectivity index is 1.62. The first-order chi connectivity index (χ1) is 29.5. The molecule has 0 saturated carbocycles. The van der Waals surface area contributed by atoms with Crippen LogP contribution in [0.3, 0.4) is 0 Å². The summed E-state index contributed by atoms with van der Waals surface area (Å²) in [6.07, 6.45) is 3.04. The number of rotatable bonds is 27. The molecule has 7 amide bonds. The molecule has 352 valence electrons. The van der Waals surface area contributed by atoms with Crippen LogP contribution in [-0.4, -0.2) is 134 Å². The second-order valence-electron chi connectivity index (χ2n) is 17.1. The van der Waals surface area contributed by atoms with Gasteiger partial charge in [-0.1, -0.05) is 19.1 Å². The molecule has 1 heterocycles. The average Bonchev–Trinajstić information content (AvgIpc) is 3.49. The van der Waals surface area contributed by atoms with E-state index in [2.05, 4.69) is 26.6 Å². The van der Waals surface area contributed by atoms with E-state index in [1.807, 2.05) is 0 Å². The highest BCUT2D eigenvalue weighted by atomic mass is 16.6. The Hall–Kier alpha value is -5.40. The van der Waals surface area contributed by atoms with Crippen molar-refractivity contribution in [3.8, 4) is 0 Å². The quantitative estimate of drug-likeness (QED) is 0.0485. The Morgan fingerprint density at radius 3 is 1.79 bits per heavy atom. The van der Waals surface area contributed by atoms with Gasteiger partial charge in [0.05, 0.1) is 45.6 Å². The molecule has 2 rings (SSSR count). The van der Waals surface area contributed by atoms with Crippen LogP contribution in [0.25, 0.3) is 0 Å². The number of amides is 7. The molecule has 1 aliphatic heterocycles. The van der Waals surface area contributed by atoms with Crippen molar-refractivity contribution in [3.05, 3.63) is 42.0 Å². The van der Waals surface area contributed by atoms with Crippen molar-refractivity contribution in [2.45, 2.75) is 124 Å². The maximum absolute atomic E-state index is 12.9. The van der Waals surface area contributed by atoms with Gasteiger partial charge in [-0.3, -0.25) is 38.5 Å². The Morgan fingerprint density at radius 2 is 1.21 bits per heavy atom. The molecule has 0 unspecified atom stereocenters. The summed E-state index contributed by atoms with van der Waals surface area (Å²) < 4.78 is 27.2. The second kappa shape index (κ2) is 26.9. The fourth-order valence-corrected chi connectivity index (χ4v) is 5.74. The maximum Gasteiger partial charge on any atom is 0.407 e. The zero-order chi connectivity index (χ0) is 47.2. The number of hydrogen-bond acceptors (Lipinski definition) is 13. The molecule has 19 nitrogen and oxygen atoms in total. The van der Waals surface area contributed by atoms with E-state index in [4.69, 9.17) is 23.7 Å². The zero-order valence-electron chi connectivity index (χ0n) is 38.2. The predicted molar refractivity (Wildman–Crippen MR) is 232 cm³/mol. The topological polar surface area (TPSA) is 246 Å². The third kappa shape index (κ3) is 23.6. The summed E-state index contributed by atoms with van der Waals surface area (Å²) in [5.74, 6) is -3.26. The molecule has 0 radical (unpaired) electrons. The van der Waals surface area contributed by atoms with Crippen molar-refractivity contribution in [1.82, 2.24) is 26.2 Å². The Bertz CT molecular complexity index is 1700. The van der Waals surface area contributed by atoms with E-state index >= 15 is 0 Å². The highest BCUT2D eigenvalue weighted by Crippen LogP contribution is 2.19. The van der Waals surface area contributed by atoms with Crippen molar-refractivity contribution >= 4 is 53.2 Å². The van der Waals surface area contributed by atoms with E-state index in [0.717, 1.165) is 10.5 Å². The van der Waals surface area contributed by atoms with Gasteiger partial charge >= 0.3 is 12.1 Å². The molecule has 1 aromatic carbocycles. The fraction of sp³-hybridized carbons (Fsp3) is 0.636. The first kappa shape index (κ1) is 53.7. The fourth-order valence-electron chi connectivity index (χ4n) is 5.74. The second-order valence-corrected chi connectivity index (χ2v) is 17.1. The van der Waals surface area contributed by atoms with E-state index in [1.165, 1.54) is 26.0 Å². The van der Waals surface area contributed by atoms with Crippen LogP contribution in [0.2, 0.25) is 0 Å². The summed E-state index contributed by atoms with van der Waals surface area (Å²) in [4.78, 5) is 99.4. The van der Waals surface area contributed by atoms with E-state index in [-0.39, 0.29) is 69.5 Å². The van der Waals surface area contributed by atoms with Crippen molar-refractivity contribution in [2.75, 3.05) is 58.0 Å². The molecular formula is C44H68N6O13. The number of benzene rings is 1. The van der Waals surface area contributed by atoms with Crippen LogP contribution >= 0.6 is 0 Å². The number of nitrogens with one attached hydrogen (secondary N) is 5. The maximum atomic E-state index is 12.9. The molecule has 63 heavy (non-hydrogen) atoms. The van der Waals surface area contributed by atoms with Gasteiger partial charge in [-0.25, -0.2) is 4.79 Å². The number of carbonyl (C=O) groups excluding carboxylic acids is 8. The van der Waals surface area contributed by atoms with Crippen molar-refractivity contribution in [1.29, 1.82) is 0 Å². The van der Waals surface area contributed by atoms with Gasteiger partial charge in [0.25, 0.3) is 11.8 Å². The SMILES string of the molecule is C[C@H](C[C@H](Cc1ccc(NC(=O)[C@H](C)NC(=O)[C@H](C)NC(=O)CCOCCOCCOCCNC(=O)CCCN2C(=O)C=CC2=O)cc1)NC(=O)OC(C)(C)C)C(=O)OC(C)(C)C. The molecule has 1 aromatic rings. The third-order valence-electron chi connectivity index (χ3n) is 8.87. The van der Waals surface area contributed by atoms with E-state index in [0.29, 0.717) is 44.7 Å². The summed E-state index contributed by atoms with van der Waals surface area (Å²) in [6.45, 7) is 17.4. The monoisotopic (exact) mass is 888 g/mol. The van der Waals surface area contributed by atoms with Crippen molar-refractivity contribution in [3.63, 3.8) is 0 Å². The smallest absolute Gasteiger partial charge is 0.407 e. The van der Waals surface area contributed by atoms with Crippen molar-refractivity contribution < 1.29 is 62.0 Å². The first-order valence-corrected chi connectivity index (χ1v) is 21.3. The lowest BCUT2D eigenvalue weighted by molar-refractivity contribution is -0.159. The van der Waals surface area contributed by atoms with Crippen LogP contribution in [0.15, 0.2) is 36.4 Å². The number of alkyl carbamates (subject to hydrolysis) is 1. The van der Waals surface area contributed by atoms with Crippen LogP contribution in [0.1, 0.15) is 93.6 Å². The molecule has 0 spiro atoms. The normalized spacial score (nSPS) is 14.6. The van der Waals surface area contributed by atoms with Gasteiger partial charge in [0, 0.05) is 49.8 Å². The minimum Gasteiger partial charge on any atom is -0.460 e. The van der Waals surface area contributed by atoms with E-state index in [1.54, 1.807) is 72.7 Å². The van der Waals surface area contributed by atoms with Gasteiger partial charge in [-0.05, 0) is 92.3 Å². The van der Waals surface area contributed by atoms with Crippen molar-refractivity contribution in [2.24, 2.45) is 5.92 Å². The standard InChI is InChI=1S/C44H68N6O13/c1-29(41(57)62-43(4,5)6)27-34(49-42(58)63-44(7,8)9)28-32-12-14-33(15-13-32)48-40(56)31(3)47-39(55)30(2)46-36(52)18-21-59-23-25-61-26-24-60-22-19-45-35(51)11-10-20-50-37(53)16-17-38(50)54/h12-17,29-31,34H,10-11,18-28H2,1-9H3,(H,45,51)(H,46,52)(H,47,55)(H,48,56)(H,49,58)/t29-,30+,31+,34-/m1/s1. The number of ether oxygens (including phenoxy) is 5. The third-order valence-corrected chi connectivity index (χ3v) is 8.87. The Labute approximate surface area is 370 Å². The number of nitrogens with zero attached hydrogens (tertiary/aromatic N) is 1. The molecule has 0 saturated heterocycles. The molecule has 5 N–H and O–H groups in total. The zero-order valence-corrected chi connectivity index (χ0v) is 38.2. The van der Waals surface area contributed by atoms with Crippen LogP contribution in [-0.2, 0) is 63.7 Å². The van der Waals surface area contributed by atoms with Gasteiger partial charge in [-0.15, -0.1) is 0 Å². The number of esters is 1. The highest BCUT2D eigenvalue weighted by molar-refractivity contribution is 6.12. The van der Waals surface area contributed by atoms with Gasteiger partial charge < -0.3 is 50.3 Å². The van der Waals surface area contributed by atoms with E-state index < -0.39 is 59.1 Å². The molecule has 0 aliphatic carbocycles. The number of imide groups is 1. The molecule has 1 aliphatic rings. The highest BCUT2D eigenvalue weighted by Gasteiger charge is 2.28. The summed E-state index contributed by atoms with van der Waals surface area (Å²) in [5.41, 5.74) is -0.0565. The van der Waals surface area contributed by atoms with Gasteiger partial charge in [0.15, 0.2) is 0 Å². The van der Waals surface area contributed by atoms with Crippen LogP contribution < -0.4 is 26.6 Å². The predicted octanol–water partition coefficient (Wildman–Crippen LogP) is 2.70. The number of hydrogen-bond donors (Lipinski definition) is 5. The molecule has 0 aromatic heterocycles. The summed E-state index contributed by atoms with van der Waals surface area (Å²) in [5, 5.41) is 13.5. The molecule has 4 atom stereocenters. The number of carbonyl (C=O) groups is 8. The summed E-state index contributed by atoms with van der Waals surface area (Å²) >= 11 is 0. The van der Waals surface area contributed by atoms with Gasteiger partial charge in [0.1, 0.15) is 23.3 Å². The average molecular weight is 889 g/mol. The lowest BCUT2D eigenvalue weighted by Gasteiger charge is -2.27. The summed E-state index contributed by atoms with van der Waals surface area (Å²) in [6, 6.07) is 4.66. The lowest BCUT2D eigenvalue weighted by Crippen LogP contribution is -2.50. The molecular weight excluding hydrogens is 821 g/mol. The van der Waals surface area contributed by atoms with E-state index in [9.17, 15) is 38.4 Å². The molecule has 0 bridgehead atoms. The number of anilines is 1. The molecule has 0 fully saturated rings. The van der Waals surface area contributed by atoms with Gasteiger partial charge in [-0.2, -0.15) is 0 Å².